The van der Waals surface area contributed by atoms with Crippen LogP contribution in [0.5, 0.6) is 23.0 Å². The van der Waals surface area contributed by atoms with Gasteiger partial charge in [-0.05, 0) is 29.8 Å². The number of fused-ring (bicyclic) bond motifs is 2. The highest BCUT2D eigenvalue weighted by atomic mass is 16.5. The molecule has 0 unspecified atom stereocenters. The van der Waals surface area contributed by atoms with Crippen molar-refractivity contribution in [3.63, 3.8) is 0 Å². The number of para-hydroxylation sites is 2. The van der Waals surface area contributed by atoms with Gasteiger partial charge in [0.25, 0.3) is 5.91 Å². The fourth-order valence-corrected chi connectivity index (χ4v) is 4.36. The largest absolute Gasteiger partial charge is 0.497 e. The van der Waals surface area contributed by atoms with Crippen molar-refractivity contribution >= 4 is 39.6 Å². The van der Waals surface area contributed by atoms with Crippen molar-refractivity contribution < 1.29 is 23.7 Å². The van der Waals surface area contributed by atoms with Crippen LogP contribution in [0.1, 0.15) is 15.9 Å². The van der Waals surface area contributed by atoms with Gasteiger partial charge < -0.3 is 34.6 Å². The van der Waals surface area contributed by atoms with Gasteiger partial charge in [0.1, 0.15) is 22.6 Å². The Kier molecular flexibility index (Phi) is 6.61. The third-order valence-electron chi connectivity index (χ3n) is 6.24. The van der Waals surface area contributed by atoms with Gasteiger partial charge in [0.15, 0.2) is 17.1 Å². The first-order valence-electron chi connectivity index (χ1n) is 11.8. The Hall–Kier alpha value is -4.99. The maximum atomic E-state index is 13.7. The zero-order valence-corrected chi connectivity index (χ0v) is 21.4. The summed E-state index contributed by atoms with van der Waals surface area (Å²) in [4.78, 5) is 23.3. The highest BCUT2D eigenvalue weighted by Crippen LogP contribution is 2.40. The van der Waals surface area contributed by atoms with Crippen LogP contribution in [0.15, 0.2) is 60.7 Å². The number of methoxy groups -OCH3 is 4. The Labute approximate surface area is 218 Å². The molecule has 0 atom stereocenters. The molecule has 38 heavy (non-hydrogen) atoms. The van der Waals surface area contributed by atoms with Gasteiger partial charge in [0, 0.05) is 17.8 Å². The number of nitrogens with one attached hydrogen (secondary N) is 1. The van der Waals surface area contributed by atoms with Crippen LogP contribution < -0.4 is 30.0 Å². The molecule has 0 aliphatic rings. The van der Waals surface area contributed by atoms with Crippen molar-refractivity contribution in [3.05, 3.63) is 71.8 Å². The van der Waals surface area contributed by atoms with E-state index in [0.717, 1.165) is 11.3 Å². The number of hydrogen-bond donors (Lipinski definition) is 2. The quantitative estimate of drug-likeness (QED) is 0.311. The maximum Gasteiger partial charge on any atom is 0.261 e. The molecular formula is C28H27N5O5. The first kappa shape index (κ1) is 24.7. The van der Waals surface area contributed by atoms with E-state index in [1.807, 2.05) is 48.5 Å². The van der Waals surface area contributed by atoms with Gasteiger partial charge in [-0.2, -0.15) is 0 Å². The van der Waals surface area contributed by atoms with E-state index in [9.17, 15) is 4.79 Å². The number of aromatic nitrogens is 3. The Morgan fingerprint density at radius 1 is 0.868 bits per heavy atom. The predicted molar refractivity (Wildman–Crippen MR) is 146 cm³/mol. The summed E-state index contributed by atoms with van der Waals surface area (Å²) in [6.07, 6.45) is 0. The Bertz CT molecular complexity index is 1620. The second-order valence-electron chi connectivity index (χ2n) is 8.45. The van der Waals surface area contributed by atoms with Gasteiger partial charge in [-0.3, -0.25) is 4.79 Å². The molecule has 0 fully saturated rings. The summed E-state index contributed by atoms with van der Waals surface area (Å²) in [5, 5.41) is 2.90. The molecule has 0 saturated carbocycles. The monoisotopic (exact) mass is 513 g/mol. The van der Waals surface area contributed by atoms with Crippen LogP contribution in [-0.2, 0) is 6.54 Å². The third kappa shape index (κ3) is 4.36. The number of nitrogens with zero attached hydrogens (tertiary/aromatic N) is 3. The summed E-state index contributed by atoms with van der Waals surface area (Å²) in [5.74, 6) is 1.78. The minimum atomic E-state index is -0.445. The molecule has 0 aliphatic carbocycles. The van der Waals surface area contributed by atoms with E-state index in [-0.39, 0.29) is 11.4 Å². The smallest absolute Gasteiger partial charge is 0.261 e. The standard InChI is InChI=1S/C28H27N5O5/c1-35-18-11-9-16(10-12-18)15-33-26(29)23(24-27(33)32-20-8-6-5-7-19(20)31-24)28(34)30-17-13-21(36-2)25(38-4)22(14-17)37-3/h5-14H,15,29H2,1-4H3,(H,30,34). The number of hydrogen-bond acceptors (Lipinski definition) is 8. The topological polar surface area (TPSA) is 123 Å². The first-order valence-corrected chi connectivity index (χ1v) is 11.8. The Morgan fingerprint density at radius 2 is 1.50 bits per heavy atom. The van der Waals surface area contributed by atoms with Crippen LogP contribution in [0.25, 0.3) is 22.2 Å². The van der Waals surface area contributed by atoms with Crippen molar-refractivity contribution in [1.29, 1.82) is 0 Å². The number of benzene rings is 3. The van der Waals surface area contributed by atoms with Crippen molar-refractivity contribution in [2.45, 2.75) is 6.54 Å². The average molecular weight is 514 g/mol. The first-order chi connectivity index (χ1) is 18.5. The minimum absolute atomic E-state index is 0.223. The van der Waals surface area contributed by atoms with E-state index in [1.54, 1.807) is 23.8 Å². The Morgan fingerprint density at radius 3 is 2.08 bits per heavy atom. The summed E-state index contributed by atoms with van der Waals surface area (Å²) >= 11 is 0. The van der Waals surface area contributed by atoms with Gasteiger partial charge in [-0.15, -0.1) is 0 Å². The number of anilines is 2. The third-order valence-corrected chi connectivity index (χ3v) is 6.24. The summed E-state index contributed by atoms with van der Waals surface area (Å²) in [5.41, 5.74) is 10.5. The molecule has 1 amide bonds. The molecule has 194 valence electrons. The van der Waals surface area contributed by atoms with Crippen molar-refractivity contribution in [1.82, 2.24) is 14.5 Å². The molecule has 3 aromatic carbocycles. The molecule has 5 aromatic rings. The molecule has 3 N–H and O–H groups in total. The molecular weight excluding hydrogens is 486 g/mol. The number of amides is 1. The highest BCUT2D eigenvalue weighted by molar-refractivity contribution is 6.16. The van der Waals surface area contributed by atoms with Crippen molar-refractivity contribution in [2.24, 2.45) is 0 Å². The number of carbonyl (C=O) groups excluding carboxylic acids is 1. The average Bonchev–Trinajstić information content (AvgIpc) is 3.21. The van der Waals surface area contributed by atoms with E-state index in [0.29, 0.717) is 51.7 Å². The SMILES string of the molecule is COc1ccc(Cn2c(N)c(C(=O)Nc3cc(OC)c(OC)c(OC)c3)c3nc4ccccc4nc32)cc1. The zero-order valence-electron chi connectivity index (χ0n) is 21.4. The molecule has 10 heteroatoms. The number of nitrogens with two attached hydrogens (primary N) is 1. The second-order valence-corrected chi connectivity index (χ2v) is 8.45. The number of carbonyl (C=O) groups is 1. The van der Waals surface area contributed by atoms with Crippen LogP contribution >= 0.6 is 0 Å². The number of rotatable bonds is 8. The molecule has 0 bridgehead atoms. The number of nitrogen functional groups attached to an aromatic ring is 1. The Balaban J connectivity index is 1.62. The van der Waals surface area contributed by atoms with E-state index in [4.69, 9.17) is 34.6 Å². The lowest BCUT2D eigenvalue weighted by molar-refractivity contribution is 0.102. The van der Waals surface area contributed by atoms with Gasteiger partial charge >= 0.3 is 0 Å². The van der Waals surface area contributed by atoms with E-state index >= 15 is 0 Å². The lowest BCUT2D eigenvalue weighted by Crippen LogP contribution is -2.15. The molecule has 2 aromatic heterocycles. The molecule has 2 heterocycles. The van der Waals surface area contributed by atoms with E-state index < -0.39 is 5.91 Å². The number of ether oxygens (including phenoxy) is 4. The van der Waals surface area contributed by atoms with Gasteiger partial charge in [-0.25, -0.2) is 9.97 Å². The molecule has 5 rings (SSSR count). The van der Waals surface area contributed by atoms with E-state index in [2.05, 4.69) is 5.32 Å². The van der Waals surface area contributed by atoms with E-state index in [1.165, 1.54) is 21.3 Å². The summed E-state index contributed by atoms with van der Waals surface area (Å²) < 4.78 is 23.3. The molecule has 0 saturated heterocycles. The zero-order chi connectivity index (χ0) is 26.8. The normalized spacial score (nSPS) is 10.9. The molecule has 0 spiro atoms. The predicted octanol–water partition coefficient (Wildman–Crippen LogP) is 4.50. The van der Waals surface area contributed by atoms with Gasteiger partial charge in [-0.1, -0.05) is 24.3 Å². The minimum Gasteiger partial charge on any atom is -0.497 e. The van der Waals surface area contributed by atoms with Crippen molar-refractivity contribution in [2.75, 3.05) is 39.5 Å². The van der Waals surface area contributed by atoms with Crippen LogP contribution in [0, 0.1) is 0 Å². The second kappa shape index (κ2) is 10.2. The fourth-order valence-electron chi connectivity index (χ4n) is 4.36. The maximum absolute atomic E-state index is 13.7. The molecule has 0 aliphatic heterocycles. The van der Waals surface area contributed by atoms with Crippen LogP contribution in [0.2, 0.25) is 0 Å². The van der Waals surface area contributed by atoms with Gasteiger partial charge in [0.05, 0.1) is 46.0 Å². The lowest BCUT2D eigenvalue weighted by atomic mass is 10.2. The van der Waals surface area contributed by atoms with Crippen LogP contribution in [0.3, 0.4) is 0 Å². The van der Waals surface area contributed by atoms with Crippen LogP contribution in [0.4, 0.5) is 11.5 Å². The molecule has 10 nitrogen and oxygen atoms in total. The molecule has 0 radical (unpaired) electrons. The summed E-state index contributed by atoms with van der Waals surface area (Å²) in [6.45, 7) is 0.386. The highest BCUT2D eigenvalue weighted by Gasteiger charge is 2.25. The summed E-state index contributed by atoms with van der Waals surface area (Å²) in [7, 11) is 6.15. The van der Waals surface area contributed by atoms with Gasteiger partial charge in [0.2, 0.25) is 5.75 Å². The summed E-state index contributed by atoms with van der Waals surface area (Å²) in [6, 6.07) is 18.4. The van der Waals surface area contributed by atoms with Crippen molar-refractivity contribution in [3.8, 4) is 23.0 Å². The fraction of sp³-hybridized carbons (Fsp3) is 0.179. The van der Waals surface area contributed by atoms with Crippen LogP contribution in [-0.4, -0.2) is 48.9 Å². The lowest BCUT2D eigenvalue weighted by Gasteiger charge is -2.14.